The molecule has 0 amide bonds. The molecule has 1 atom stereocenters. The van der Waals surface area contributed by atoms with Gasteiger partial charge in [0.1, 0.15) is 28.6 Å². The zero-order valence-electron chi connectivity index (χ0n) is 21.5. The number of aromatic nitrogens is 1. The van der Waals surface area contributed by atoms with Crippen molar-refractivity contribution in [1.29, 1.82) is 0 Å². The number of anilines is 1. The normalized spacial score (nSPS) is 15.4. The van der Waals surface area contributed by atoms with Gasteiger partial charge in [0.25, 0.3) is 0 Å². The molecule has 0 N–H and O–H groups in total. The largest absolute Gasteiger partial charge is 0.497 e. The number of likely N-dealkylation sites (N-methyl/N-ethyl adjacent to an activating group) is 1. The van der Waals surface area contributed by atoms with Gasteiger partial charge in [-0.15, -0.1) is 0 Å². The van der Waals surface area contributed by atoms with Crippen LogP contribution in [0.3, 0.4) is 0 Å². The standard InChI is InChI=1S/C29H35N3O4/c1-5-31(19-22-8-6-9-26(18-22)36-25-13-11-24(34-4)12-14-25)23-15-17-32(20-23)28-27(10-7-16-30-28)29(33)35-21(2)3/h6-14,16,18,21,23H,5,15,17,19-20H2,1-4H3/t23-/m0/s1. The van der Waals surface area contributed by atoms with E-state index in [2.05, 4.69) is 33.8 Å². The molecule has 4 rings (SSSR count). The van der Waals surface area contributed by atoms with Crippen LogP contribution in [0.5, 0.6) is 17.2 Å². The summed E-state index contributed by atoms with van der Waals surface area (Å²) in [5, 5.41) is 0. The lowest BCUT2D eigenvalue weighted by Crippen LogP contribution is -2.37. The second-order valence-corrected chi connectivity index (χ2v) is 9.21. The quantitative estimate of drug-likeness (QED) is 0.346. The molecule has 0 bridgehead atoms. The molecular weight excluding hydrogens is 454 g/mol. The van der Waals surface area contributed by atoms with Crippen LogP contribution in [0.15, 0.2) is 66.9 Å². The molecule has 2 aromatic carbocycles. The Morgan fingerprint density at radius 1 is 1.08 bits per heavy atom. The van der Waals surface area contributed by atoms with Crippen LogP contribution in [0.1, 0.15) is 43.1 Å². The summed E-state index contributed by atoms with van der Waals surface area (Å²) < 4.78 is 16.7. The average molecular weight is 490 g/mol. The minimum absolute atomic E-state index is 0.170. The Bertz CT molecular complexity index is 1150. The van der Waals surface area contributed by atoms with Gasteiger partial charge in [0.15, 0.2) is 0 Å². The Morgan fingerprint density at radius 3 is 2.58 bits per heavy atom. The van der Waals surface area contributed by atoms with E-state index >= 15 is 0 Å². The van der Waals surface area contributed by atoms with Crippen molar-refractivity contribution in [3.63, 3.8) is 0 Å². The topological polar surface area (TPSA) is 64.1 Å². The van der Waals surface area contributed by atoms with Gasteiger partial charge in [0.05, 0.1) is 13.2 Å². The first kappa shape index (κ1) is 25.5. The molecule has 0 radical (unpaired) electrons. The van der Waals surface area contributed by atoms with Crippen molar-refractivity contribution in [3.05, 3.63) is 78.0 Å². The van der Waals surface area contributed by atoms with E-state index in [1.807, 2.05) is 50.2 Å². The molecule has 0 unspecified atom stereocenters. The number of carbonyl (C=O) groups is 1. The summed E-state index contributed by atoms with van der Waals surface area (Å²) in [4.78, 5) is 21.8. The van der Waals surface area contributed by atoms with Crippen molar-refractivity contribution in [2.24, 2.45) is 0 Å². The number of rotatable bonds is 10. The van der Waals surface area contributed by atoms with Crippen LogP contribution in [0.2, 0.25) is 0 Å². The van der Waals surface area contributed by atoms with Crippen molar-refractivity contribution in [2.45, 2.75) is 45.9 Å². The molecule has 0 saturated carbocycles. The number of hydrogen-bond donors (Lipinski definition) is 0. The summed E-state index contributed by atoms with van der Waals surface area (Å²) in [6, 6.07) is 19.8. The highest BCUT2D eigenvalue weighted by Crippen LogP contribution is 2.28. The Hall–Kier alpha value is -3.58. The predicted octanol–water partition coefficient (Wildman–Crippen LogP) is 5.55. The van der Waals surface area contributed by atoms with E-state index in [0.29, 0.717) is 17.4 Å². The monoisotopic (exact) mass is 489 g/mol. The molecule has 3 aromatic rings. The van der Waals surface area contributed by atoms with Crippen molar-refractivity contribution in [2.75, 3.05) is 31.6 Å². The highest BCUT2D eigenvalue weighted by atomic mass is 16.5. The third-order valence-corrected chi connectivity index (χ3v) is 6.31. The minimum atomic E-state index is -0.322. The van der Waals surface area contributed by atoms with E-state index < -0.39 is 0 Å². The minimum Gasteiger partial charge on any atom is -0.497 e. The molecule has 1 aromatic heterocycles. The summed E-state index contributed by atoms with van der Waals surface area (Å²) in [5.74, 6) is 2.77. The van der Waals surface area contributed by atoms with Gasteiger partial charge < -0.3 is 19.1 Å². The van der Waals surface area contributed by atoms with E-state index in [-0.39, 0.29) is 12.1 Å². The van der Waals surface area contributed by atoms with Crippen LogP contribution in [-0.2, 0) is 11.3 Å². The average Bonchev–Trinajstić information content (AvgIpc) is 3.37. The van der Waals surface area contributed by atoms with Crippen molar-refractivity contribution < 1.29 is 19.0 Å². The Balaban J connectivity index is 1.42. The fourth-order valence-electron chi connectivity index (χ4n) is 4.54. The predicted molar refractivity (Wildman–Crippen MR) is 141 cm³/mol. The highest BCUT2D eigenvalue weighted by Gasteiger charge is 2.30. The summed E-state index contributed by atoms with van der Waals surface area (Å²) >= 11 is 0. The Morgan fingerprint density at radius 2 is 1.86 bits per heavy atom. The molecule has 1 aliphatic heterocycles. The molecule has 1 aliphatic rings. The lowest BCUT2D eigenvalue weighted by atomic mass is 10.1. The first-order valence-electron chi connectivity index (χ1n) is 12.5. The number of methoxy groups -OCH3 is 1. The number of esters is 1. The van der Waals surface area contributed by atoms with E-state index in [4.69, 9.17) is 14.2 Å². The summed E-state index contributed by atoms with van der Waals surface area (Å²) in [6.45, 7) is 9.31. The van der Waals surface area contributed by atoms with E-state index in [9.17, 15) is 4.79 Å². The molecule has 2 heterocycles. The van der Waals surface area contributed by atoms with Crippen LogP contribution in [0.4, 0.5) is 5.82 Å². The summed E-state index contributed by atoms with van der Waals surface area (Å²) in [7, 11) is 1.65. The van der Waals surface area contributed by atoms with Gasteiger partial charge in [-0.2, -0.15) is 0 Å². The Kier molecular flexibility index (Phi) is 8.44. The highest BCUT2D eigenvalue weighted by molar-refractivity contribution is 5.95. The molecule has 7 nitrogen and oxygen atoms in total. The number of hydrogen-bond acceptors (Lipinski definition) is 7. The smallest absolute Gasteiger partial charge is 0.342 e. The van der Waals surface area contributed by atoms with E-state index in [1.165, 1.54) is 5.56 Å². The fraction of sp³-hybridized carbons (Fsp3) is 0.379. The van der Waals surface area contributed by atoms with Crippen LogP contribution in [-0.4, -0.2) is 54.7 Å². The maximum Gasteiger partial charge on any atom is 0.342 e. The Labute approximate surface area is 213 Å². The van der Waals surface area contributed by atoms with Crippen molar-refractivity contribution in [1.82, 2.24) is 9.88 Å². The van der Waals surface area contributed by atoms with Crippen LogP contribution >= 0.6 is 0 Å². The molecule has 1 saturated heterocycles. The third-order valence-electron chi connectivity index (χ3n) is 6.31. The van der Waals surface area contributed by atoms with Gasteiger partial charge >= 0.3 is 5.97 Å². The van der Waals surface area contributed by atoms with Crippen LogP contribution in [0.25, 0.3) is 0 Å². The number of benzene rings is 2. The molecule has 1 fully saturated rings. The van der Waals surface area contributed by atoms with Gasteiger partial charge in [-0.25, -0.2) is 9.78 Å². The number of carbonyl (C=O) groups excluding carboxylic acids is 1. The molecule has 0 aliphatic carbocycles. The lowest BCUT2D eigenvalue weighted by molar-refractivity contribution is 0.0378. The second kappa shape index (κ2) is 11.9. The zero-order valence-corrected chi connectivity index (χ0v) is 21.5. The first-order valence-corrected chi connectivity index (χ1v) is 12.5. The maximum atomic E-state index is 12.6. The van der Waals surface area contributed by atoms with Gasteiger partial charge in [0.2, 0.25) is 0 Å². The fourth-order valence-corrected chi connectivity index (χ4v) is 4.54. The lowest BCUT2D eigenvalue weighted by Gasteiger charge is -2.28. The van der Waals surface area contributed by atoms with Crippen LogP contribution in [0, 0.1) is 0 Å². The summed E-state index contributed by atoms with van der Waals surface area (Å²) in [5.41, 5.74) is 1.72. The van der Waals surface area contributed by atoms with Gasteiger partial charge in [-0.1, -0.05) is 19.1 Å². The van der Waals surface area contributed by atoms with Gasteiger partial charge in [-0.05, 0) is 80.9 Å². The zero-order chi connectivity index (χ0) is 25.5. The SMILES string of the molecule is CCN(Cc1cccc(Oc2ccc(OC)cc2)c1)[C@H]1CCN(c2ncccc2C(=O)OC(C)C)C1. The van der Waals surface area contributed by atoms with Crippen molar-refractivity contribution >= 4 is 11.8 Å². The molecular formula is C29H35N3O4. The summed E-state index contributed by atoms with van der Waals surface area (Å²) in [6.07, 6.45) is 2.57. The molecule has 190 valence electrons. The number of ether oxygens (including phenoxy) is 3. The maximum absolute atomic E-state index is 12.6. The number of pyridine rings is 1. The van der Waals surface area contributed by atoms with Crippen molar-refractivity contribution in [3.8, 4) is 17.2 Å². The second-order valence-electron chi connectivity index (χ2n) is 9.21. The van der Waals surface area contributed by atoms with Gasteiger partial charge in [0, 0.05) is 31.9 Å². The third kappa shape index (κ3) is 6.34. The number of nitrogens with zero attached hydrogens (tertiary/aromatic N) is 3. The molecule has 0 spiro atoms. The first-order chi connectivity index (χ1) is 17.5. The van der Waals surface area contributed by atoms with E-state index in [0.717, 1.165) is 49.8 Å². The van der Waals surface area contributed by atoms with Crippen LogP contribution < -0.4 is 14.4 Å². The van der Waals surface area contributed by atoms with E-state index in [1.54, 1.807) is 25.4 Å². The molecule has 7 heteroatoms. The molecule has 36 heavy (non-hydrogen) atoms. The van der Waals surface area contributed by atoms with Gasteiger partial charge in [-0.3, -0.25) is 4.90 Å².